The van der Waals surface area contributed by atoms with E-state index in [2.05, 4.69) is 9.72 Å². The van der Waals surface area contributed by atoms with Crippen LogP contribution in [-0.4, -0.2) is 29.5 Å². The lowest BCUT2D eigenvalue weighted by atomic mass is 10.2. The second kappa shape index (κ2) is 5.59. The van der Waals surface area contributed by atoms with Crippen molar-refractivity contribution < 1.29 is 32.5 Å². The van der Waals surface area contributed by atoms with Crippen LogP contribution in [0.2, 0.25) is 0 Å². The van der Waals surface area contributed by atoms with E-state index in [1.807, 2.05) is 0 Å². The van der Waals surface area contributed by atoms with Crippen molar-refractivity contribution in [3.05, 3.63) is 15.3 Å². The second-order valence-electron chi connectivity index (χ2n) is 3.06. The van der Waals surface area contributed by atoms with Gasteiger partial charge >= 0.3 is 12.3 Å². The molecule has 1 aromatic heterocycles. The van der Waals surface area contributed by atoms with Crippen LogP contribution in [0.1, 0.15) is 5.56 Å². The first-order valence-corrected chi connectivity index (χ1v) is 5.51. The number of pyridine rings is 1. The summed E-state index contributed by atoms with van der Waals surface area (Å²) < 4.78 is 44.7. The van der Waals surface area contributed by atoms with Gasteiger partial charge in [0.15, 0.2) is 5.75 Å². The van der Waals surface area contributed by atoms with Crippen LogP contribution in [0, 0.1) is 3.70 Å². The fourth-order valence-corrected chi connectivity index (χ4v) is 2.01. The van der Waals surface area contributed by atoms with Gasteiger partial charge in [-0.3, -0.25) is 4.79 Å². The van der Waals surface area contributed by atoms with Crippen LogP contribution in [0.15, 0.2) is 6.07 Å². The molecule has 0 aromatic carbocycles. The average Bonchev–Trinajstić information content (AvgIpc) is 2.13. The number of alkyl halides is 3. The van der Waals surface area contributed by atoms with E-state index in [0.717, 1.165) is 6.07 Å². The van der Waals surface area contributed by atoms with Gasteiger partial charge in [-0.25, -0.2) is 4.98 Å². The van der Waals surface area contributed by atoms with Gasteiger partial charge in [-0.05, 0) is 22.6 Å². The Kier molecular flexibility index (Phi) is 4.59. The largest absolute Gasteiger partial charge is 0.574 e. The second-order valence-corrected chi connectivity index (χ2v) is 4.08. The molecule has 1 N–H and O–H groups in total. The lowest BCUT2D eigenvalue weighted by Gasteiger charge is -2.12. The molecular weight excluding hydrogens is 370 g/mol. The molecule has 1 heterocycles. The van der Waals surface area contributed by atoms with Crippen molar-refractivity contribution in [2.24, 2.45) is 0 Å². The Labute approximate surface area is 113 Å². The Bertz CT molecular complexity index is 464. The molecule has 0 spiro atoms. The van der Waals surface area contributed by atoms with Gasteiger partial charge in [0, 0.05) is 11.6 Å². The highest BCUT2D eigenvalue weighted by Crippen LogP contribution is 2.30. The molecule has 0 fully saturated rings. The normalized spacial score (nSPS) is 11.2. The molecule has 5 nitrogen and oxygen atoms in total. The topological polar surface area (TPSA) is 68.7 Å². The van der Waals surface area contributed by atoms with Crippen LogP contribution >= 0.6 is 22.6 Å². The fraction of sp³-hybridized carbons (Fsp3) is 0.333. The minimum atomic E-state index is -4.88. The molecule has 0 atom stereocenters. The number of nitrogens with zero attached hydrogens (tertiary/aromatic N) is 1. The first-order valence-electron chi connectivity index (χ1n) is 4.44. The van der Waals surface area contributed by atoms with Gasteiger partial charge in [0.25, 0.3) is 0 Å². The summed E-state index contributed by atoms with van der Waals surface area (Å²) >= 11 is 1.63. The van der Waals surface area contributed by atoms with Gasteiger partial charge in [-0.15, -0.1) is 13.2 Å². The Morgan fingerprint density at radius 3 is 2.61 bits per heavy atom. The molecule has 0 aliphatic carbocycles. The van der Waals surface area contributed by atoms with Crippen LogP contribution in [-0.2, 0) is 11.2 Å². The molecule has 1 rings (SSSR count). The minimum absolute atomic E-state index is 0.0589. The van der Waals surface area contributed by atoms with Crippen LogP contribution in [0.5, 0.6) is 11.6 Å². The van der Waals surface area contributed by atoms with E-state index in [0.29, 0.717) is 0 Å². The molecule has 0 unspecified atom stereocenters. The summed E-state index contributed by atoms with van der Waals surface area (Å²) in [4.78, 5) is 14.1. The van der Waals surface area contributed by atoms with Crippen LogP contribution in [0.25, 0.3) is 0 Å². The lowest BCUT2D eigenvalue weighted by molar-refractivity contribution is -0.276. The van der Waals surface area contributed by atoms with Gasteiger partial charge in [0.05, 0.1) is 13.5 Å². The van der Waals surface area contributed by atoms with Crippen LogP contribution in [0.4, 0.5) is 13.2 Å². The van der Waals surface area contributed by atoms with Crippen LogP contribution < -0.4 is 9.47 Å². The summed E-state index contributed by atoms with van der Waals surface area (Å²) in [7, 11) is 1.27. The molecule has 0 saturated heterocycles. The van der Waals surface area contributed by atoms with Gasteiger partial charge < -0.3 is 14.6 Å². The molecule has 100 valence electrons. The van der Waals surface area contributed by atoms with E-state index in [4.69, 9.17) is 9.84 Å². The predicted octanol–water partition coefficient (Wildman–Crippen LogP) is 2.22. The average molecular weight is 377 g/mol. The number of halogens is 4. The predicted molar refractivity (Wildman–Crippen MR) is 61.5 cm³/mol. The maximum absolute atomic E-state index is 12.0. The zero-order valence-electron chi connectivity index (χ0n) is 8.92. The van der Waals surface area contributed by atoms with Crippen molar-refractivity contribution in [1.82, 2.24) is 4.98 Å². The number of hydrogen-bond donors (Lipinski definition) is 1. The zero-order valence-corrected chi connectivity index (χ0v) is 11.1. The third-order valence-electron chi connectivity index (χ3n) is 1.75. The smallest absolute Gasteiger partial charge is 0.494 e. The van der Waals surface area contributed by atoms with Gasteiger partial charge in [-0.2, -0.15) is 0 Å². The summed E-state index contributed by atoms with van der Waals surface area (Å²) in [6.07, 6.45) is -5.37. The first kappa shape index (κ1) is 14.8. The molecule has 1 aromatic rings. The number of methoxy groups -OCH3 is 1. The number of aromatic nitrogens is 1. The maximum Gasteiger partial charge on any atom is 0.574 e. The molecule has 0 saturated carbocycles. The van der Waals surface area contributed by atoms with Gasteiger partial charge in [-0.1, -0.05) is 0 Å². The van der Waals surface area contributed by atoms with E-state index < -0.39 is 24.6 Å². The fourth-order valence-electron chi connectivity index (χ4n) is 1.21. The summed E-state index contributed by atoms with van der Waals surface area (Å²) in [6.45, 7) is 0. The summed E-state index contributed by atoms with van der Waals surface area (Å²) in [5.41, 5.74) is 0.0589. The van der Waals surface area contributed by atoms with E-state index in [1.54, 1.807) is 22.6 Å². The van der Waals surface area contributed by atoms with Gasteiger partial charge in [0.2, 0.25) is 5.88 Å². The Morgan fingerprint density at radius 1 is 1.56 bits per heavy atom. The maximum atomic E-state index is 12.0. The quantitative estimate of drug-likeness (QED) is 0.644. The monoisotopic (exact) mass is 377 g/mol. The SMILES string of the molecule is COc1c(CC(=O)O)cc(OC(F)(F)F)nc1I. The lowest BCUT2D eigenvalue weighted by Crippen LogP contribution is -2.18. The summed E-state index contributed by atoms with van der Waals surface area (Å²) in [5, 5.41) is 8.66. The summed E-state index contributed by atoms with van der Waals surface area (Å²) in [6, 6.07) is 0.891. The minimum Gasteiger partial charge on any atom is -0.494 e. The number of carboxylic acids is 1. The third kappa shape index (κ3) is 4.20. The molecule has 9 heteroatoms. The third-order valence-corrected chi connectivity index (χ3v) is 2.48. The van der Waals surface area contributed by atoms with E-state index >= 15 is 0 Å². The van der Waals surface area contributed by atoms with E-state index in [9.17, 15) is 18.0 Å². The Morgan fingerprint density at radius 2 is 2.17 bits per heavy atom. The number of carbonyl (C=O) groups is 1. The first-order chi connectivity index (χ1) is 8.23. The number of carboxylic acid groups (broad SMARTS) is 1. The zero-order chi connectivity index (χ0) is 13.9. The molecule has 18 heavy (non-hydrogen) atoms. The molecule has 0 radical (unpaired) electrons. The molecule has 0 aliphatic heterocycles. The highest BCUT2D eigenvalue weighted by molar-refractivity contribution is 14.1. The number of hydrogen-bond acceptors (Lipinski definition) is 4. The van der Waals surface area contributed by atoms with Gasteiger partial charge in [0.1, 0.15) is 3.70 Å². The number of ether oxygens (including phenoxy) is 2. The molecule has 0 bridgehead atoms. The molecule has 0 amide bonds. The van der Waals surface area contributed by atoms with E-state index in [1.165, 1.54) is 7.11 Å². The van der Waals surface area contributed by atoms with Crippen LogP contribution in [0.3, 0.4) is 0 Å². The van der Waals surface area contributed by atoms with Crippen molar-refractivity contribution in [3.8, 4) is 11.6 Å². The van der Waals surface area contributed by atoms with Crippen molar-refractivity contribution >= 4 is 28.6 Å². The van der Waals surface area contributed by atoms with Crippen molar-refractivity contribution in [1.29, 1.82) is 0 Å². The highest BCUT2D eigenvalue weighted by Gasteiger charge is 2.32. The number of rotatable bonds is 4. The van der Waals surface area contributed by atoms with Crippen molar-refractivity contribution in [2.45, 2.75) is 12.8 Å². The summed E-state index contributed by atoms with van der Waals surface area (Å²) in [5.74, 6) is -1.80. The van der Waals surface area contributed by atoms with Crippen molar-refractivity contribution in [2.75, 3.05) is 7.11 Å². The van der Waals surface area contributed by atoms with Crippen molar-refractivity contribution in [3.63, 3.8) is 0 Å². The Hall–Kier alpha value is -1.26. The van der Waals surface area contributed by atoms with E-state index in [-0.39, 0.29) is 15.0 Å². The standard InChI is InChI=1S/C9H7F3INO4/c1-17-7-4(3-6(15)16)2-5(14-8(7)13)18-9(10,11)12/h2H,3H2,1H3,(H,15,16). The molecule has 0 aliphatic rings. The Balaban J connectivity index is 3.17. The molecular formula is C9H7F3INO4. The number of aliphatic carboxylic acids is 1. The highest BCUT2D eigenvalue weighted by atomic mass is 127.